The van der Waals surface area contributed by atoms with Crippen LogP contribution in [0.1, 0.15) is 18.4 Å². The van der Waals surface area contributed by atoms with Gasteiger partial charge in [-0.15, -0.1) is 0 Å². The topological polar surface area (TPSA) is 66.4 Å². The third-order valence-electron chi connectivity index (χ3n) is 2.70. The van der Waals surface area contributed by atoms with Crippen LogP contribution in [0.3, 0.4) is 0 Å². The lowest BCUT2D eigenvalue weighted by Gasteiger charge is -2.15. The van der Waals surface area contributed by atoms with Gasteiger partial charge in [0, 0.05) is 6.54 Å². The van der Waals surface area contributed by atoms with E-state index in [1.165, 1.54) is 11.8 Å². The highest BCUT2D eigenvalue weighted by molar-refractivity contribution is 7.99. The molecule has 5 heteroatoms. The molecule has 0 fully saturated rings. The first-order valence-electron chi connectivity index (χ1n) is 5.64. The van der Waals surface area contributed by atoms with Crippen molar-refractivity contribution in [2.75, 3.05) is 12.8 Å². The van der Waals surface area contributed by atoms with Gasteiger partial charge in [0.1, 0.15) is 0 Å². The maximum atomic E-state index is 11.6. The van der Waals surface area contributed by atoms with Gasteiger partial charge in [-0.1, -0.05) is 30.3 Å². The molecule has 1 rings (SSSR count). The van der Waals surface area contributed by atoms with E-state index < -0.39 is 11.9 Å². The normalized spacial score (nSPS) is 13.7. The average molecular weight is 267 g/mol. The molecule has 98 valence electrons. The summed E-state index contributed by atoms with van der Waals surface area (Å²) in [4.78, 5) is 22.8. The van der Waals surface area contributed by atoms with Gasteiger partial charge in [-0.05, 0) is 18.7 Å². The molecule has 0 heterocycles. The number of carboxylic acid groups (broad SMARTS) is 1. The second-order valence-electron chi connectivity index (χ2n) is 3.92. The van der Waals surface area contributed by atoms with Crippen LogP contribution in [0, 0.1) is 0 Å². The lowest BCUT2D eigenvalue weighted by Crippen LogP contribution is -2.36. The molecule has 0 aliphatic heterocycles. The Kier molecular flexibility index (Phi) is 5.71. The van der Waals surface area contributed by atoms with Gasteiger partial charge in [0.05, 0.1) is 11.2 Å². The van der Waals surface area contributed by atoms with Crippen molar-refractivity contribution in [1.29, 1.82) is 0 Å². The first-order valence-corrected chi connectivity index (χ1v) is 6.93. The second-order valence-corrected chi connectivity index (χ2v) is 5.10. The smallest absolute Gasteiger partial charge is 0.312 e. The minimum Gasteiger partial charge on any atom is -0.481 e. The van der Waals surface area contributed by atoms with Gasteiger partial charge in [-0.25, -0.2) is 0 Å². The molecule has 0 saturated carbocycles. The van der Waals surface area contributed by atoms with Crippen LogP contribution >= 0.6 is 11.8 Å². The van der Waals surface area contributed by atoms with Crippen LogP contribution in [-0.2, 0) is 9.59 Å². The van der Waals surface area contributed by atoms with Crippen molar-refractivity contribution >= 4 is 23.6 Å². The van der Waals surface area contributed by atoms with E-state index in [1.54, 1.807) is 31.2 Å². The molecule has 1 amide bonds. The van der Waals surface area contributed by atoms with Crippen LogP contribution in [0.4, 0.5) is 0 Å². The fraction of sp³-hybridized carbons (Fsp3) is 0.385. The third kappa shape index (κ3) is 4.07. The Labute approximate surface area is 111 Å². The van der Waals surface area contributed by atoms with E-state index in [0.29, 0.717) is 5.56 Å². The summed E-state index contributed by atoms with van der Waals surface area (Å²) in [5.74, 6) is -1.77. The standard InChI is InChI=1S/C13H17NO3S/c1-9(18-2)12(15)14-8-11(13(16)17)10-6-4-3-5-7-10/h3-7,9,11H,8H2,1-2H3,(H,14,15)(H,16,17). The van der Waals surface area contributed by atoms with Crippen molar-refractivity contribution in [3.63, 3.8) is 0 Å². The van der Waals surface area contributed by atoms with E-state index in [-0.39, 0.29) is 17.7 Å². The van der Waals surface area contributed by atoms with Gasteiger partial charge in [0.2, 0.25) is 5.91 Å². The summed E-state index contributed by atoms with van der Waals surface area (Å²) in [6, 6.07) is 8.91. The Morgan fingerprint density at radius 1 is 1.33 bits per heavy atom. The zero-order valence-corrected chi connectivity index (χ0v) is 11.2. The monoisotopic (exact) mass is 267 g/mol. The van der Waals surface area contributed by atoms with E-state index in [1.807, 2.05) is 12.3 Å². The summed E-state index contributed by atoms with van der Waals surface area (Å²) in [7, 11) is 0. The SMILES string of the molecule is CSC(C)C(=O)NCC(C(=O)O)c1ccccc1. The summed E-state index contributed by atoms with van der Waals surface area (Å²) in [6.07, 6.45) is 1.84. The molecule has 0 radical (unpaired) electrons. The molecule has 0 saturated heterocycles. The summed E-state index contributed by atoms with van der Waals surface area (Å²) < 4.78 is 0. The van der Waals surface area contributed by atoms with Crippen molar-refractivity contribution in [1.82, 2.24) is 5.32 Å². The average Bonchev–Trinajstić information content (AvgIpc) is 2.38. The second kappa shape index (κ2) is 7.06. The molecule has 0 aliphatic rings. The van der Waals surface area contributed by atoms with Gasteiger partial charge >= 0.3 is 5.97 Å². The van der Waals surface area contributed by atoms with Gasteiger partial charge in [-0.3, -0.25) is 9.59 Å². The van der Waals surface area contributed by atoms with Gasteiger partial charge in [0.15, 0.2) is 0 Å². The molecule has 1 aromatic carbocycles. The molecule has 0 aliphatic carbocycles. The highest BCUT2D eigenvalue weighted by Crippen LogP contribution is 2.15. The van der Waals surface area contributed by atoms with Crippen molar-refractivity contribution < 1.29 is 14.7 Å². The summed E-state index contributed by atoms with van der Waals surface area (Å²) in [5.41, 5.74) is 0.696. The van der Waals surface area contributed by atoms with Crippen molar-refractivity contribution in [3.05, 3.63) is 35.9 Å². The molecular formula is C13H17NO3S. The van der Waals surface area contributed by atoms with Gasteiger partial charge < -0.3 is 10.4 Å². The molecule has 18 heavy (non-hydrogen) atoms. The van der Waals surface area contributed by atoms with Crippen LogP contribution in [-0.4, -0.2) is 35.0 Å². The van der Waals surface area contributed by atoms with E-state index in [2.05, 4.69) is 5.32 Å². The number of hydrogen-bond donors (Lipinski definition) is 2. The number of thioether (sulfide) groups is 1. The Morgan fingerprint density at radius 2 is 1.94 bits per heavy atom. The van der Waals surface area contributed by atoms with E-state index in [4.69, 9.17) is 0 Å². The zero-order chi connectivity index (χ0) is 13.5. The number of amides is 1. The lowest BCUT2D eigenvalue weighted by atomic mass is 9.99. The van der Waals surface area contributed by atoms with Crippen LogP contribution in [0.5, 0.6) is 0 Å². The Balaban J connectivity index is 2.66. The Morgan fingerprint density at radius 3 is 2.44 bits per heavy atom. The van der Waals surface area contributed by atoms with Gasteiger partial charge in [-0.2, -0.15) is 11.8 Å². The van der Waals surface area contributed by atoms with Crippen molar-refractivity contribution in [2.24, 2.45) is 0 Å². The van der Waals surface area contributed by atoms with E-state index >= 15 is 0 Å². The maximum Gasteiger partial charge on any atom is 0.312 e. The molecule has 2 N–H and O–H groups in total. The number of aliphatic carboxylic acids is 1. The minimum atomic E-state index is -0.932. The van der Waals surface area contributed by atoms with Gasteiger partial charge in [0.25, 0.3) is 0 Å². The number of nitrogens with one attached hydrogen (secondary N) is 1. The largest absolute Gasteiger partial charge is 0.481 e. The summed E-state index contributed by atoms with van der Waals surface area (Å²) in [6.45, 7) is 1.90. The number of rotatable bonds is 6. The third-order valence-corrected chi connectivity index (χ3v) is 3.62. The highest BCUT2D eigenvalue weighted by atomic mass is 32.2. The Bertz CT molecular complexity index is 408. The highest BCUT2D eigenvalue weighted by Gasteiger charge is 2.21. The van der Waals surface area contributed by atoms with Crippen molar-refractivity contribution in [2.45, 2.75) is 18.1 Å². The maximum absolute atomic E-state index is 11.6. The number of carbonyl (C=O) groups is 2. The molecule has 2 unspecified atom stereocenters. The fourth-order valence-corrected chi connectivity index (χ4v) is 1.78. The van der Waals surface area contributed by atoms with Crippen LogP contribution in [0.25, 0.3) is 0 Å². The molecule has 0 spiro atoms. The number of benzene rings is 1. The van der Waals surface area contributed by atoms with Crippen LogP contribution in [0.2, 0.25) is 0 Å². The minimum absolute atomic E-state index is 0.114. The molecule has 4 nitrogen and oxygen atoms in total. The van der Waals surface area contributed by atoms with Crippen molar-refractivity contribution in [3.8, 4) is 0 Å². The predicted octanol–water partition coefficient (Wildman–Crippen LogP) is 1.72. The van der Waals surface area contributed by atoms with E-state index in [0.717, 1.165) is 0 Å². The first-order chi connectivity index (χ1) is 8.56. The first kappa shape index (κ1) is 14.6. The quantitative estimate of drug-likeness (QED) is 0.823. The lowest BCUT2D eigenvalue weighted by molar-refractivity contribution is -0.138. The zero-order valence-electron chi connectivity index (χ0n) is 10.4. The van der Waals surface area contributed by atoms with Crippen LogP contribution < -0.4 is 5.32 Å². The van der Waals surface area contributed by atoms with E-state index in [9.17, 15) is 14.7 Å². The molecular weight excluding hydrogens is 250 g/mol. The molecule has 2 atom stereocenters. The number of carbonyl (C=O) groups excluding carboxylic acids is 1. The molecule has 1 aromatic rings. The summed E-state index contributed by atoms with van der Waals surface area (Å²) in [5, 5.41) is 11.7. The number of hydrogen-bond acceptors (Lipinski definition) is 3. The molecule has 0 aromatic heterocycles. The summed E-state index contributed by atoms with van der Waals surface area (Å²) >= 11 is 1.43. The number of carboxylic acids is 1. The Hall–Kier alpha value is -1.49. The predicted molar refractivity (Wildman–Crippen MR) is 72.8 cm³/mol. The fourth-order valence-electron chi connectivity index (χ4n) is 1.49. The van der Waals surface area contributed by atoms with Crippen LogP contribution in [0.15, 0.2) is 30.3 Å². The molecule has 0 bridgehead atoms.